The molecule has 100 valence electrons. The van der Waals surface area contributed by atoms with Crippen LogP contribution in [0, 0.1) is 0 Å². The first-order chi connectivity index (χ1) is 8.81. The molecule has 4 nitrogen and oxygen atoms in total. The minimum atomic E-state index is 0.729. The van der Waals surface area contributed by atoms with Gasteiger partial charge in [-0.2, -0.15) is 0 Å². The average molecular weight is 249 g/mol. The van der Waals surface area contributed by atoms with Gasteiger partial charge in [0, 0.05) is 56.4 Å². The predicted octanol–water partition coefficient (Wildman–Crippen LogP) is 1.81. The summed E-state index contributed by atoms with van der Waals surface area (Å²) in [6, 6.07) is 2.81. The average Bonchev–Trinajstić information content (AvgIpc) is 3.21. The maximum absolute atomic E-state index is 5.40. The van der Waals surface area contributed by atoms with Crippen LogP contribution in [-0.4, -0.2) is 37.8 Å². The molecule has 1 heterocycles. The molecule has 1 aromatic rings. The van der Waals surface area contributed by atoms with Crippen LogP contribution in [0.1, 0.15) is 25.3 Å². The molecule has 1 saturated carbocycles. The van der Waals surface area contributed by atoms with Gasteiger partial charge in [-0.25, -0.2) is 0 Å². The summed E-state index contributed by atoms with van der Waals surface area (Å²) in [4.78, 5) is 6.46. The van der Waals surface area contributed by atoms with Crippen molar-refractivity contribution < 1.29 is 4.74 Å². The molecular formula is C14H23N3O. The molecule has 1 fully saturated rings. The molecule has 0 aliphatic heterocycles. The highest BCUT2D eigenvalue weighted by Gasteiger charge is 2.20. The molecule has 2 rings (SSSR count). The summed E-state index contributed by atoms with van der Waals surface area (Å²) in [6.45, 7) is 5.39. The fourth-order valence-corrected chi connectivity index (χ4v) is 1.94. The van der Waals surface area contributed by atoms with Gasteiger partial charge in [0.05, 0.1) is 6.61 Å². The molecule has 0 aromatic carbocycles. The normalized spacial score (nSPS) is 14.8. The summed E-state index contributed by atoms with van der Waals surface area (Å²) < 4.78 is 5.40. The number of likely N-dealkylation sites (N-methyl/N-ethyl adjacent to an activating group) is 1. The lowest BCUT2D eigenvalue weighted by molar-refractivity contribution is 0.154. The van der Waals surface area contributed by atoms with Crippen molar-refractivity contribution in [3.05, 3.63) is 24.0 Å². The van der Waals surface area contributed by atoms with Crippen LogP contribution >= 0.6 is 0 Å². The molecule has 0 spiro atoms. The number of aromatic nitrogens is 1. The minimum Gasteiger partial charge on any atom is -0.380 e. The van der Waals surface area contributed by atoms with Crippen molar-refractivity contribution in [3.8, 4) is 0 Å². The van der Waals surface area contributed by atoms with Crippen molar-refractivity contribution in [2.24, 2.45) is 0 Å². The van der Waals surface area contributed by atoms with Crippen LogP contribution in [-0.2, 0) is 11.3 Å². The van der Waals surface area contributed by atoms with Crippen molar-refractivity contribution in [3.63, 3.8) is 0 Å². The van der Waals surface area contributed by atoms with E-state index in [4.69, 9.17) is 4.74 Å². The number of pyridine rings is 1. The first-order valence-corrected chi connectivity index (χ1v) is 6.76. The zero-order valence-corrected chi connectivity index (χ0v) is 11.4. The van der Waals surface area contributed by atoms with Crippen LogP contribution < -0.4 is 10.2 Å². The Labute approximate surface area is 109 Å². The summed E-state index contributed by atoms with van der Waals surface area (Å²) in [7, 11) is 2.11. The summed E-state index contributed by atoms with van der Waals surface area (Å²) in [5.74, 6) is 0. The molecule has 1 aliphatic rings. The van der Waals surface area contributed by atoms with E-state index in [1.165, 1.54) is 24.1 Å². The number of nitrogens with one attached hydrogen (secondary N) is 1. The number of hydrogen-bond acceptors (Lipinski definition) is 4. The molecule has 1 aromatic heterocycles. The van der Waals surface area contributed by atoms with E-state index in [1.807, 2.05) is 19.3 Å². The molecule has 4 heteroatoms. The first kappa shape index (κ1) is 13.3. The number of rotatable bonds is 8. The molecular weight excluding hydrogens is 226 g/mol. The van der Waals surface area contributed by atoms with Crippen molar-refractivity contribution in [2.75, 3.05) is 31.7 Å². The third kappa shape index (κ3) is 3.96. The van der Waals surface area contributed by atoms with Crippen molar-refractivity contribution in [1.82, 2.24) is 10.3 Å². The third-order valence-corrected chi connectivity index (χ3v) is 3.22. The van der Waals surface area contributed by atoms with Gasteiger partial charge in [0.2, 0.25) is 0 Å². The topological polar surface area (TPSA) is 37.4 Å². The van der Waals surface area contributed by atoms with Gasteiger partial charge in [-0.1, -0.05) is 0 Å². The maximum Gasteiger partial charge on any atom is 0.0641 e. The van der Waals surface area contributed by atoms with Gasteiger partial charge < -0.3 is 15.0 Å². The number of nitrogens with zero attached hydrogens (tertiary/aromatic N) is 2. The maximum atomic E-state index is 5.40. The van der Waals surface area contributed by atoms with Crippen molar-refractivity contribution in [1.29, 1.82) is 0 Å². The minimum absolute atomic E-state index is 0.729. The Kier molecular flexibility index (Phi) is 4.96. The molecule has 0 radical (unpaired) electrons. The Morgan fingerprint density at radius 1 is 1.50 bits per heavy atom. The Morgan fingerprint density at radius 2 is 2.33 bits per heavy atom. The van der Waals surface area contributed by atoms with E-state index in [0.717, 1.165) is 32.3 Å². The summed E-state index contributed by atoms with van der Waals surface area (Å²) in [6.07, 6.45) is 6.45. The number of ether oxygens (including phenoxy) is 1. The van der Waals surface area contributed by atoms with Crippen molar-refractivity contribution >= 4 is 5.69 Å². The standard InChI is InChI=1S/C14H23N3O/c1-3-18-9-8-17(2)14-6-7-15-10-12(14)11-16-13-4-5-13/h6-7,10,13,16H,3-5,8-9,11H2,1-2H3. The first-order valence-electron chi connectivity index (χ1n) is 6.76. The Balaban J connectivity index is 1.91. The second-order valence-corrected chi connectivity index (χ2v) is 4.78. The molecule has 18 heavy (non-hydrogen) atoms. The van der Waals surface area contributed by atoms with Crippen LogP contribution in [0.15, 0.2) is 18.5 Å². The molecule has 0 amide bonds. The Bertz CT molecular complexity index is 366. The molecule has 0 saturated heterocycles. The number of anilines is 1. The van der Waals surface area contributed by atoms with E-state index in [-0.39, 0.29) is 0 Å². The lowest BCUT2D eigenvalue weighted by atomic mass is 10.2. The van der Waals surface area contributed by atoms with E-state index in [2.05, 4.69) is 28.3 Å². The van der Waals surface area contributed by atoms with E-state index in [0.29, 0.717) is 0 Å². The highest BCUT2D eigenvalue weighted by Crippen LogP contribution is 2.22. The Morgan fingerprint density at radius 3 is 3.06 bits per heavy atom. The Hall–Kier alpha value is -1.13. The van der Waals surface area contributed by atoms with Gasteiger partial charge in [-0.15, -0.1) is 0 Å². The quantitative estimate of drug-likeness (QED) is 0.713. The van der Waals surface area contributed by atoms with Gasteiger partial charge in [0.15, 0.2) is 0 Å². The van der Waals surface area contributed by atoms with Gasteiger partial charge in [0.1, 0.15) is 0 Å². The predicted molar refractivity (Wildman–Crippen MR) is 73.9 cm³/mol. The van der Waals surface area contributed by atoms with E-state index >= 15 is 0 Å². The van der Waals surface area contributed by atoms with E-state index in [1.54, 1.807) is 0 Å². The SMILES string of the molecule is CCOCCN(C)c1ccncc1CNC1CC1. The van der Waals surface area contributed by atoms with Gasteiger partial charge in [-0.05, 0) is 25.8 Å². The van der Waals surface area contributed by atoms with Crippen LogP contribution in [0.4, 0.5) is 5.69 Å². The molecule has 0 atom stereocenters. The molecule has 0 unspecified atom stereocenters. The lowest BCUT2D eigenvalue weighted by Gasteiger charge is -2.22. The van der Waals surface area contributed by atoms with Gasteiger partial charge in [-0.3, -0.25) is 4.98 Å². The van der Waals surface area contributed by atoms with Crippen molar-refractivity contribution in [2.45, 2.75) is 32.4 Å². The lowest BCUT2D eigenvalue weighted by Crippen LogP contribution is -2.25. The summed E-state index contributed by atoms with van der Waals surface area (Å²) in [5, 5.41) is 3.54. The van der Waals surface area contributed by atoms with E-state index < -0.39 is 0 Å². The monoisotopic (exact) mass is 249 g/mol. The number of hydrogen-bond donors (Lipinski definition) is 1. The fraction of sp³-hybridized carbons (Fsp3) is 0.643. The zero-order valence-electron chi connectivity index (χ0n) is 11.4. The zero-order chi connectivity index (χ0) is 12.8. The van der Waals surface area contributed by atoms with Crippen LogP contribution in [0.5, 0.6) is 0 Å². The van der Waals surface area contributed by atoms with Crippen LogP contribution in [0.2, 0.25) is 0 Å². The van der Waals surface area contributed by atoms with Crippen LogP contribution in [0.3, 0.4) is 0 Å². The largest absolute Gasteiger partial charge is 0.380 e. The second kappa shape index (κ2) is 6.71. The fourth-order valence-electron chi connectivity index (χ4n) is 1.94. The summed E-state index contributed by atoms with van der Waals surface area (Å²) in [5.41, 5.74) is 2.52. The van der Waals surface area contributed by atoms with Gasteiger partial charge in [0.25, 0.3) is 0 Å². The summed E-state index contributed by atoms with van der Waals surface area (Å²) >= 11 is 0. The van der Waals surface area contributed by atoms with Gasteiger partial charge >= 0.3 is 0 Å². The molecule has 0 bridgehead atoms. The highest BCUT2D eigenvalue weighted by atomic mass is 16.5. The second-order valence-electron chi connectivity index (χ2n) is 4.78. The van der Waals surface area contributed by atoms with Crippen LogP contribution in [0.25, 0.3) is 0 Å². The third-order valence-electron chi connectivity index (χ3n) is 3.22. The molecule has 1 aliphatic carbocycles. The van der Waals surface area contributed by atoms with E-state index in [9.17, 15) is 0 Å². The molecule has 1 N–H and O–H groups in total. The smallest absolute Gasteiger partial charge is 0.0641 e. The highest BCUT2D eigenvalue weighted by molar-refractivity contribution is 5.51.